The second-order valence-electron chi connectivity index (χ2n) is 6.12. The van der Waals surface area contributed by atoms with Crippen molar-refractivity contribution in [2.24, 2.45) is 0 Å². The lowest BCUT2D eigenvalue weighted by Gasteiger charge is -2.22. The average molecular weight is 323 g/mol. The number of rotatable bonds is 7. The summed E-state index contributed by atoms with van der Waals surface area (Å²) in [5, 5.41) is 0. The van der Waals surface area contributed by atoms with Crippen LogP contribution in [0.5, 0.6) is 5.75 Å². The minimum absolute atomic E-state index is 0.0794. The Kier molecular flexibility index (Phi) is 6.19. The first-order valence-electron chi connectivity index (χ1n) is 8.19. The Morgan fingerprint density at radius 1 is 1.21 bits per heavy atom. The molecule has 0 saturated carbocycles. The number of nitrogens with zero attached hydrogens (tertiary/aromatic N) is 1. The topological polar surface area (TPSA) is 29.5 Å². The zero-order chi connectivity index (χ0) is 17.5. The maximum absolute atomic E-state index is 12.4. The van der Waals surface area contributed by atoms with E-state index in [0.29, 0.717) is 13.0 Å². The van der Waals surface area contributed by atoms with Crippen molar-refractivity contribution in [1.29, 1.82) is 0 Å². The van der Waals surface area contributed by atoms with Crippen molar-refractivity contribution in [3.05, 3.63) is 71.8 Å². The highest BCUT2D eigenvalue weighted by atomic mass is 16.5. The van der Waals surface area contributed by atoms with Crippen LogP contribution in [0.25, 0.3) is 6.08 Å². The van der Waals surface area contributed by atoms with Gasteiger partial charge in [0, 0.05) is 18.7 Å². The molecule has 0 unspecified atom stereocenters. The van der Waals surface area contributed by atoms with Crippen LogP contribution in [0.2, 0.25) is 0 Å². The van der Waals surface area contributed by atoms with Gasteiger partial charge in [-0.15, -0.1) is 0 Å². The minimum atomic E-state index is 0.0794. The van der Waals surface area contributed by atoms with Crippen LogP contribution in [0.4, 0.5) is 0 Å². The van der Waals surface area contributed by atoms with Gasteiger partial charge in [-0.1, -0.05) is 49.1 Å². The highest BCUT2D eigenvalue weighted by Crippen LogP contribution is 2.23. The van der Waals surface area contributed by atoms with Gasteiger partial charge in [0.15, 0.2) is 0 Å². The fourth-order valence-electron chi connectivity index (χ4n) is 2.32. The summed E-state index contributed by atoms with van der Waals surface area (Å²) in [7, 11) is 1.83. The fourth-order valence-corrected chi connectivity index (χ4v) is 2.32. The predicted octanol–water partition coefficient (Wildman–Crippen LogP) is 4.32. The number of hydrogen-bond acceptors (Lipinski definition) is 2. The maximum Gasteiger partial charge on any atom is 0.227 e. The van der Waals surface area contributed by atoms with Crippen molar-refractivity contribution in [2.75, 3.05) is 7.05 Å². The molecule has 0 atom stereocenters. The highest BCUT2D eigenvalue weighted by Gasteiger charge is 2.15. The molecule has 3 heteroatoms. The molecule has 0 radical (unpaired) electrons. The summed E-state index contributed by atoms with van der Waals surface area (Å²) in [6.45, 7) is 8.29. The molecule has 2 rings (SSSR count). The van der Waals surface area contributed by atoms with Crippen LogP contribution >= 0.6 is 0 Å². The third-order valence-corrected chi connectivity index (χ3v) is 4.07. The maximum atomic E-state index is 12.4. The van der Waals surface area contributed by atoms with E-state index < -0.39 is 0 Å². The van der Waals surface area contributed by atoms with E-state index in [0.717, 1.165) is 22.4 Å². The van der Waals surface area contributed by atoms with Crippen LogP contribution in [0.15, 0.2) is 55.1 Å². The number of carbonyl (C=O) groups excluding carboxylic acids is 1. The van der Waals surface area contributed by atoms with Crippen LogP contribution in [-0.4, -0.2) is 23.9 Å². The summed E-state index contributed by atoms with van der Waals surface area (Å²) in [5.41, 5.74) is 2.97. The van der Waals surface area contributed by atoms with Gasteiger partial charge in [-0.25, -0.2) is 0 Å². The van der Waals surface area contributed by atoms with Crippen LogP contribution < -0.4 is 4.74 Å². The molecule has 0 N–H and O–H groups in total. The lowest BCUT2D eigenvalue weighted by Crippen LogP contribution is -2.34. The summed E-state index contributed by atoms with van der Waals surface area (Å²) in [6.07, 6.45) is 2.10. The largest absolute Gasteiger partial charge is 0.489 e. The van der Waals surface area contributed by atoms with E-state index in [9.17, 15) is 4.79 Å². The monoisotopic (exact) mass is 323 g/mol. The van der Waals surface area contributed by atoms with Gasteiger partial charge in [0.05, 0.1) is 6.42 Å². The molecule has 0 aromatic heterocycles. The molecule has 24 heavy (non-hydrogen) atoms. The van der Waals surface area contributed by atoms with E-state index in [1.54, 1.807) is 11.0 Å². The van der Waals surface area contributed by atoms with Gasteiger partial charge < -0.3 is 9.64 Å². The van der Waals surface area contributed by atoms with Gasteiger partial charge in [-0.2, -0.15) is 0 Å². The predicted molar refractivity (Wildman–Crippen MR) is 98.9 cm³/mol. The Labute approximate surface area is 144 Å². The van der Waals surface area contributed by atoms with Crippen LogP contribution in [-0.2, 0) is 17.8 Å². The number of hydrogen-bond donors (Lipinski definition) is 0. The standard InChI is InChI=1S/C21H25NO2/c1-5-17-11-12-20(24-15-18-9-7-6-8-10-18)19(13-17)14-21(23)22(4)16(2)3/h5-13,16H,1,14-15H2,2-4H3. The minimum Gasteiger partial charge on any atom is -0.489 e. The van der Waals surface area contributed by atoms with Crippen molar-refractivity contribution >= 4 is 12.0 Å². The Bertz CT molecular complexity index is 692. The molecule has 0 heterocycles. The zero-order valence-electron chi connectivity index (χ0n) is 14.7. The molecule has 0 saturated heterocycles. The van der Waals surface area contributed by atoms with Crippen molar-refractivity contribution in [2.45, 2.75) is 32.9 Å². The van der Waals surface area contributed by atoms with Gasteiger partial charge in [-0.3, -0.25) is 4.79 Å². The lowest BCUT2D eigenvalue weighted by molar-refractivity contribution is -0.130. The third kappa shape index (κ3) is 4.72. The number of amides is 1. The number of benzene rings is 2. The summed E-state index contributed by atoms with van der Waals surface area (Å²) >= 11 is 0. The molecule has 0 fully saturated rings. The Balaban J connectivity index is 2.18. The van der Waals surface area contributed by atoms with E-state index in [4.69, 9.17) is 4.74 Å². The summed E-state index contributed by atoms with van der Waals surface area (Å²) in [4.78, 5) is 14.2. The van der Waals surface area contributed by atoms with Crippen LogP contribution in [0.1, 0.15) is 30.5 Å². The molecule has 0 bridgehead atoms. The molecule has 2 aromatic rings. The molecule has 0 aliphatic rings. The van der Waals surface area contributed by atoms with Gasteiger partial charge in [0.25, 0.3) is 0 Å². The zero-order valence-corrected chi connectivity index (χ0v) is 14.7. The van der Waals surface area contributed by atoms with E-state index in [-0.39, 0.29) is 11.9 Å². The second kappa shape index (κ2) is 8.34. The fraction of sp³-hybridized carbons (Fsp3) is 0.286. The summed E-state index contributed by atoms with van der Waals surface area (Å²) in [6, 6.07) is 16.0. The molecule has 2 aromatic carbocycles. The van der Waals surface area contributed by atoms with E-state index in [2.05, 4.69) is 6.58 Å². The smallest absolute Gasteiger partial charge is 0.227 e. The first-order valence-corrected chi connectivity index (χ1v) is 8.19. The summed E-state index contributed by atoms with van der Waals surface area (Å²) in [5.74, 6) is 0.825. The van der Waals surface area contributed by atoms with Gasteiger partial charge in [0.2, 0.25) is 5.91 Å². The molecule has 3 nitrogen and oxygen atoms in total. The number of ether oxygens (including phenoxy) is 1. The Morgan fingerprint density at radius 2 is 1.92 bits per heavy atom. The molecular formula is C21H25NO2. The van der Waals surface area contributed by atoms with Gasteiger partial charge in [0.1, 0.15) is 12.4 Å². The lowest BCUT2D eigenvalue weighted by atomic mass is 10.1. The van der Waals surface area contributed by atoms with Gasteiger partial charge in [-0.05, 0) is 37.1 Å². The van der Waals surface area contributed by atoms with Crippen molar-refractivity contribution < 1.29 is 9.53 Å². The molecular weight excluding hydrogens is 298 g/mol. The first-order chi connectivity index (χ1) is 11.5. The van der Waals surface area contributed by atoms with E-state index in [1.165, 1.54) is 0 Å². The number of likely N-dealkylation sites (N-methyl/N-ethyl adjacent to an activating group) is 1. The van der Waals surface area contributed by atoms with Gasteiger partial charge >= 0.3 is 0 Å². The molecule has 0 aliphatic heterocycles. The highest BCUT2D eigenvalue weighted by molar-refractivity contribution is 5.79. The quantitative estimate of drug-likeness (QED) is 0.759. The Hall–Kier alpha value is -2.55. The normalized spacial score (nSPS) is 10.5. The van der Waals surface area contributed by atoms with Crippen LogP contribution in [0, 0.1) is 0 Å². The van der Waals surface area contributed by atoms with Crippen molar-refractivity contribution in [3.63, 3.8) is 0 Å². The van der Waals surface area contributed by atoms with E-state index in [1.807, 2.05) is 69.4 Å². The van der Waals surface area contributed by atoms with Crippen molar-refractivity contribution in [1.82, 2.24) is 4.90 Å². The molecule has 0 aliphatic carbocycles. The molecule has 126 valence electrons. The SMILES string of the molecule is C=Cc1ccc(OCc2ccccc2)c(CC(=O)N(C)C(C)C)c1. The molecule has 1 amide bonds. The number of carbonyl (C=O) groups is 1. The average Bonchev–Trinajstić information content (AvgIpc) is 2.60. The van der Waals surface area contributed by atoms with Crippen LogP contribution in [0.3, 0.4) is 0 Å². The van der Waals surface area contributed by atoms with E-state index >= 15 is 0 Å². The third-order valence-electron chi connectivity index (χ3n) is 4.07. The first kappa shape index (κ1) is 17.8. The Morgan fingerprint density at radius 3 is 2.54 bits per heavy atom. The summed E-state index contributed by atoms with van der Waals surface area (Å²) < 4.78 is 5.96. The second-order valence-corrected chi connectivity index (χ2v) is 6.12. The molecule has 0 spiro atoms. The van der Waals surface area contributed by atoms with Crippen molar-refractivity contribution in [3.8, 4) is 5.75 Å².